The Morgan fingerprint density at radius 1 is 1.25 bits per heavy atom. The standard InChI is InChI=1S/C13H11NO5S/c15-13(16)11-7-12(19-14-11)8-1-3-9(4-2-8)20(17,18)10-5-6-10/h1-4,7,10H,5-6H2,(H,15,16). The molecule has 1 aromatic carbocycles. The summed E-state index contributed by atoms with van der Waals surface area (Å²) >= 11 is 0. The quantitative estimate of drug-likeness (QED) is 0.925. The molecule has 20 heavy (non-hydrogen) atoms. The monoisotopic (exact) mass is 293 g/mol. The lowest BCUT2D eigenvalue weighted by molar-refractivity contribution is 0.0686. The molecule has 7 heteroatoms. The van der Waals surface area contributed by atoms with Gasteiger partial charge in [-0.1, -0.05) is 5.16 Å². The summed E-state index contributed by atoms with van der Waals surface area (Å²) in [5.74, 6) is -0.884. The molecule has 6 nitrogen and oxygen atoms in total. The summed E-state index contributed by atoms with van der Waals surface area (Å²) in [7, 11) is -3.21. The first-order valence-corrected chi connectivity index (χ1v) is 7.57. The van der Waals surface area contributed by atoms with Crippen LogP contribution >= 0.6 is 0 Å². The second kappa shape index (κ2) is 4.45. The summed E-state index contributed by atoms with van der Waals surface area (Å²) in [6.45, 7) is 0. The predicted octanol–water partition coefficient (Wildman–Crippen LogP) is 1.98. The lowest BCUT2D eigenvalue weighted by Gasteiger charge is -2.02. The van der Waals surface area contributed by atoms with Crippen molar-refractivity contribution in [2.75, 3.05) is 0 Å². The topological polar surface area (TPSA) is 97.5 Å². The maximum Gasteiger partial charge on any atom is 0.358 e. The molecule has 0 spiro atoms. The van der Waals surface area contributed by atoms with Gasteiger partial charge < -0.3 is 9.63 Å². The number of carbonyl (C=O) groups is 1. The van der Waals surface area contributed by atoms with Crippen molar-refractivity contribution in [2.45, 2.75) is 23.0 Å². The third-order valence-electron chi connectivity index (χ3n) is 3.16. The zero-order valence-electron chi connectivity index (χ0n) is 10.3. The van der Waals surface area contributed by atoms with Gasteiger partial charge in [0.25, 0.3) is 0 Å². The van der Waals surface area contributed by atoms with Gasteiger partial charge in [-0.2, -0.15) is 0 Å². The zero-order chi connectivity index (χ0) is 14.3. The molecule has 0 bridgehead atoms. The van der Waals surface area contributed by atoms with E-state index in [1.807, 2.05) is 0 Å². The van der Waals surface area contributed by atoms with Crippen LogP contribution in [0.25, 0.3) is 11.3 Å². The molecule has 1 aromatic heterocycles. The molecular weight excluding hydrogens is 282 g/mol. The Kier molecular flexibility index (Phi) is 2.86. The van der Waals surface area contributed by atoms with Crippen molar-refractivity contribution in [3.05, 3.63) is 36.0 Å². The summed E-state index contributed by atoms with van der Waals surface area (Å²) in [4.78, 5) is 11.0. The van der Waals surface area contributed by atoms with E-state index in [-0.39, 0.29) is 21.6 Å². The molecule has 0 atom stereocenters. The van der Waals surface area contributed by atoms with Crippen molar-refractivity contribution < 1.29 is 22.8 Å². The second-order valence-electron chi connectivity index (χ2n) is 4.65. The van der Waals surface area contributed by atoms with E-state index in [1.165, 1.54) is 18.2 Å². The highest BCUT2D eigenvalue weighted by molar-refractivity contribution is 7.92. The van der Waals surface area contributed by atoms with E-state index >= 15 is 0 Å². The van der Waals surface area contributed by atoms with Gasteiger partial charge in [0.15, 0.2) is 21.3 Å². The average Bonchev–Trinajstić information content (AvgIpc) is 3.17. The summed E-state index contributed by atoms with van der Waals surface area (Å²) < 4.78 is 29.0. The molecule has 0 saturated heterocycles. The molecule has 2 aromatic rings. The molecule has 1 saturated carbocycles. The molecule has 0 unspecified atom stereocenters. The van der Waals surface area contributed by atoms with E-state index in [9.17, 15) is 13.2 Å². The maximum absolute atomic E-state index is 12.0. The van der Waals surface area contributed by atoms with Crippen LogP contribution in [0.5, 0.6) is 0 Å². The average molecular weight is 293 g/mol. The normalized spacial score (nSPS) is 15.2. The molecular formula is C13H11NO5S. The summed E-state index contributed by atoms with van der Waals surface area (Å²) in [6, 6.07) is 7.48. The number of hydrogen-bond donors (Lipinski definition) is 1. The van der Waals surface area contributed by atoms with E-state index < -0.39 is 15.8 Å². The molecule has 0 aliphatic heterocycles. The first-order chi connectivity index (χ1) is 9.48. The van der Waals surface area contributed by atoms with E-state index in [4.69, 9.17) is 9.63 Å². The largest absolute Gasteiger partial charge is 0.476 e. The summed E-state index contributed by atoms with van der Waals surface area (Å²) in [6.07, 6.45) is 1.43. The minimum Gasteiger partial charge on any atom is -0.476 e. The number of carboxylic acid groups (broad SMARTS) is 1. The van der Waals surface area contributed by atoms with Crippen LogP contribution in [0, 0.1) is 0 Å². The second-order valence-corrected chi connectivity index (χ2v) is 6.88. The summed E-state index contributed by atoms with van der Waals surface area (Å²) in [5, 5.41) is 11.9. The van der Waals surface area contributed by atoms with Crippen molar-refractivity contribution in [3.63, 3.8) is 0 Å². The van der Waals surface area contributed by atoms with Gasteiger partial charge in [-0.25, -0.2) is 13.2 Å². The highest BCUT2D eigenvalue weighted by atomic mass is 32.2. The number of aromatic carboxylic acids is 1. The summed E-state index contributed by atoms with van der Waals surface area (Å²) in [5.41, 5.74) is 0.398. The van der Waals surface area contributed by atoms with Crippen molar-refractivity contribution in [2.24, 2.45) is 0 Å². The highest BCUT2D eigenvalue weighted by Gasteiger charge is 2.36. The van der Waals surface area contributed by atoms with E-state index in [0.717, 1.165) is 0 Å². The van der Waals surface area contributed by atoms with Gasteiger partial charge in [-0.15, -0.1) is 0 Å². The molecule has 104 valence electrons. The van der Waals surface area contributed by atoms with Crippen LogP contribution in [-0.2, 0) is 9.84 Å². The number of benzene rings is 1. The van der Waals surface area contributed by atoms with E-state index in [1.54, 1.807) is 12.1 Å². The zero-order valence-corrected chi connectivity index (χ0v) is 11.1. The van der Waals surface area contributed by atoms with Gasteiger partial charge in [0.05, 0.1) is 10.1 Å². The third kappa shape index (κ3) is 2.20. The van der Waals surface area contributed by atoms with E-state index in [0.29, 0.717) is 18.4 Å². The van der Waals surface area contributed by atoms with Crippen LogP contribution < -0.4 is 0 Å². The lowest BCUT2D eigenvalue weighted by Crippen LogP contribution is -2.06. The first kappa shape index (κ1) is 12.9. The number of hydrogen-bond acceptors (Lipinski definition) is 5. The van der Waals surface area contributed by atoms with Gasteiger partial charge in [0, 0.05) is 11.6 Å². The smallest absolute Gasteiger partial charge is 0.358 e. The lowest BCUT2D eigenvalue weighted by atomic mass is 10.1. The van der Waals surface area contributed by atoms with Gasteiger partial charge in [0.1, 0.15) is 0 Å². The Balaban J connectivity index is 1.90. The van der Waals surface area contributed by atoms with Gasteiger partial charge >= 0.3 is 5.97 Å². The number of nitrogens with zero attached hydrogens (tertiary/aromatic N) is 1. The van der Waals surface area contributed by atoms with Crippen LogP contribution in [0.4, 0.5) is 0 Å². The van der Waals surface area contributed by atoms with Crippen LogP contribution in [0.1, 0.15) is 23.3 Å². The molecule has 0 radical (unpaired) electrons. The van der Waals surface area contributed by atoms with E-state index in [2.05, 4.69) is 5.16 Å². The Morgan fingerprint density at radius 2 is 1.90 bits per heavy atom. The van der Waals surface area contributed by atoms with Gasteiger partial charge in [0.2, 0.25) is 0 Å². The molecule has 0 amide bonds. The fraction of sp³-hybridized carbons (Fsp3) is 0.231. The molecule has 1 aliphatic carbocycles. The van der Waals surface area contributed by atoms with Gasteiger partial charge in [-0.3, -0.25) is 0 Å². The highest BCUT2D eigenvalue weighted by Crippen LogP contribution is 2.34. The molecule has 1 fully saturated rings. The Bertz CT molecular complexity index is 756. The first-order valence-electron chi connectivity index (χ1n) is 6.03. The Morgan fingerprint density at radius 3 is 2.40 bits per heavy atom. The number of rotatable bonds is 4. The van der Waals surface area contributed by atoms with Crippen LogP contribution in [-0.4, -0.2) is 29.9 Å². The number of aromatic nitrogens is 1. The SMILES string of the molecule is O=C(O)c1cc(-c2ccc(S(=O)(=O)C3CC3)cc2)on1. The minimum atomic E-state index is -3.21. The van der Waals surface area contributed by atoms with Crippen molar-refractivity contribution in [1.82, 2.24) is 5.16 Å². The van der Waals surface area contributed by atoms with Crippen molar-refractivity contribution >= 4 is 15.8 Å². The van der Waals surface area contributed by atoms with Crippen molar-refractivity contribution in [3.8, 4) is 11.3 Å². The molecule has 1 aliphatic rings. The van der Waals surface area contributed by atoms with Crippen LogP contribution in [0.3, 0.4) is 0 Å². The predicted molar refractivity (Wildman–Crippen MR) is 69.1 cm³/mol. The Hall–Kier alpha value is -2.15. The molecule has 1 N–H and O–H groups in total. The van der Waals surface area contributed by atoms with Crippen LogP contribution in [0.15, 0.2) is 39.8 Å². The third-order valence-corrected chi connectivity index (χ3v) is 5.44. The maximum atomic E-state index is 12.0. The fourth-order valence-electron chi connectivity index (χ4n) is 1.89. The van der Waals surface area contributed by atoms with Crippen molar-refractivity contribution in [1.29, 1.82) is 0 Å². The minimum absolute atomic E-state index is 0.185. The van der Waals surface area contributed by atoms with Gasteiger partial charge in [-0.05, 0) is 37.1 Å². The number of sulfone groups is 1. The van der Waals surface area contributed by atoms with Crippen LogP contribution in [0.2, 0.25) is 0 Å². The fourth-order valence-corrected chi connectivity index (χ4v) is 3.55. The number of carboxylic acids is 1. The molecule has 1 heterocycles. The molecule has 3 rings (SSSR count). The Labute approximate surface area is 114 Å².